The Morgan fingerprint density at radius 3 is 2.83 bits per heavy atom. The van der Waals surface area contributed by atoms with Gasteiger partial charge < -0.3 is 20.4 Å². The lowest BCUT2D eigenvalue weighted by molar-refractivity contribution is -0.137. The van der Waals surface area contributed by atoms with Crippen LogP contribution in [0.5, 0.6) is 0 Å². The number of aliphatic hydroxyl groups is 1. The second kappa shape index (κ2) is 7.92. The van der Waals surface area contributed by atoms with Crippen LogP contribution in [0, 0.1) is 5.92 Å². The summed E-state index contributed by atoms with van der Waals surface area (Å²) in [6.07, 6.45) is 3.29. The van der Waals surface area contributed by atoms with E-state index in [0.29, 0.717) is 25.4 Å². The minimum absolute atomic E-state index is 0.0768. The maximum atomic E-state index is 11.8. The number of hydrogen-bond donors (Lipinski definition) is 3. The first-order valence-corrected chi connectivity index (χ1v) is 6.49. The number of carbonyl (C=O) groups is 2. The molecule has 2 amide bonds. The number of urea groups is 1. The minimum atomic E-state index is -0.842. The molecule has 0 aliphatic carbocycles. The van der Waals surface area contributed by atoms with Crippen LogP contribution in [0.1, 0.15) is 32.1 Å². The Morgan fingerprint density at radius 1 is 1.39 bits per heavy atom. The summed E-state index contributed by atoms with van der Waals surface area (Å²) >= 11 is 0. The van der Waals surface area contributed by atoms with Gasteiger partial charge in [-0.1, -0.05) is 0 Å². The van der Waals surface area contributed by atoms with Crippen LogP contribution in [-0.2, 0) is 4.79 Å². The second-order valence-corrected chi connectivity index (χ2v) is 4.70. The molecular formula is C12H22N2O4. The molecule has 0 aromatic carbocycles. The van der Waals surface area contributed by atoms with E-state index in [0.717, 1.165) is 25.8 Å². The Kier molecular flexibility index (Phi) is 6.49. The van der Waals surface area contributed by atoms with E-state index in [9.17, 15) is 9.59 Å². The molecule has 0 saturated carbocycles. The largest absolute Gasteiger partial charge is 0.481 e. The van der Waals surface area contributed by atoms with Crippen LogP contribution < -0.4 is 5.32 Å². The van der Waals surface area contributed by atoms with Gasteiger partial charge in [0.25, 0.3) is 0 Å². The zero-order valence-electron chi connectivity index (χ0n) is 10.6. The molecule has 1 unspecified atom stereocenters. The minimum Gasteiger partial charge on any atom is -0.481 e. The fourth-order valence-electron chi connectivity index (χ4n) is 2.21. The van der Waals surface area contributed by atoms with E-state index in [1.165, 1.54) is 0 Å². The van der Waals surface area contributed by atoms with E-state index in [1.54, 1.807) is 4.90 Å². The average molecular weight is 258 g/mol. The predicted octanol–water partition coefficient (Wildman–Crippen LogP) is 0.655. The van der Waals surface area contributed by atoms with Crippen LogP contribution in [0.3, 0.4) is 0 Å². The van der Waals surface area contributed by atoms with Crippen molar-refractivity contribution in [2.45, 2.75) is 32.1 Å². The molecule has 1 rings (SSSR count). The lowest BCUT2D eigenvalue weighted by Crippen LogP contribution is -2.45. The Labute approximate surface area is 107 Å². The molecule has 0 aromatic rings. The van der Waals surface area contributed by atoms with Crippen molar-refractivity contribution in [3.8, 4) is 0 Å². The van der Waals surface area contributed by atoms with Gasteiger partial charge in [0, 0.05) is 32.7 Å². The van der Waals surface area contributed by atoms with E-state index in [1.807, 2.05) is 0 Å². The van der Waals surface area contributed by atoms with E-state index in [4.69, 9.17) is 10.2 Å². The molecule has 1 atom stereocenters. The van der Waals surface area contributed by atoms with Gasteiger partial charge in [0.1, 0.15) is 0 Å². The summed E-state index contributed by atoms with van der Waals surface area (Å²) in [5, 5.41) is 20.1. The van der Waals surface area contributed by atoms with Crippen molar-refractivity contribution in [2.75, 3.05) is 26.2 Å². The van der Waals surface area contributed by atoms with Crippen molar-refractivity contribution < 1.29 is 19.8 Å². The third kappa shape index (κ3) is 5.35. The molecule has 1 heterocycles. The normalized spacial score (nSPS) is 19.6. The number of piperidine rings is 1. The van der Waals surface area contributed by atoms with Crippen LogP contribution in [0.15, 0.2) is 0 Å². The van der Waals surface area contributed by atoms with Gasteiger partial charge >= 0.3 is 12.0 Å². The Morgan fingerprint density at radius 2 is 2.17 bits per heavy atom. The van der Waals surface area contributed by atoms with Gasteiger partial charge in [-0.05, 0) is 31.6 Å². The third-order valence-electron chi connectivity index (χ3n) is 3.19. The number of aliphatic carboxylic acids is 1. The fraction of sp³-hybridized carbons (Fsp3) is 0.833. The van der Waals surface area contributed by atoms with Crippen LogP contribution >= 0.6 is 0 Å². The maximum absolute atomic E-state index is 11.8. The summed E-state index contributed by atoms with van der Waals surface area (Å²) in [5.41, 5.74) is 0. The molecule has 18 heavy (non-hydrogen) atoms. The van der Waals surface area contributed by atoms with E-state index in [-0.39, 0.29) is 19.1 Å². The second-order valence-electron chi connectivity index (χ2n) is 4.70. The van der Waals surface area contributed by atoms with Crippen molar-refractivity contribution in [2.24, 2.45) is 5.92 Å². The van der Waals surface area contributed by atoms with Crippen molar-refractivity contribution in [1.29, 1.82) is 0 Å². The summed E-state index contributed by atoms with van der Waals surface area (Å²) in [5.74, 6) is -0.459. The van der Waals surface area contributed by atoms with E-state index < -0.39 is 5.97 Å². The Bertz CT molecular complexity index is 281. The molecule has 1 aliphatic rings. The smallest absolute Gasteiger partial charge is 0.317 e. The number of carboxylic acid groups (broad SMARTS) is 1. The molecule has 6 nitrogen and oxygen atoms in total. The fourth-order valence-corrected chi connectivity index (χ4v) is 2.21. The number of likely N-dealkylation sites (tertiary alicyclic amines) is 1. The van der Waals surface area contributed by atoms with Gasteiger partial charge in [0.05, 0.1) is 0 Å². The van der Waals surface area contributed by atoms with Gasteiger partial charge in [-0.15, -0.1) is 0 Å². The molecule has 0 spiro atoms. The average Bonchev–Trinajstić information content (AvgIpc) is 2.35. The quantitative estimate of drug-likeness (QED) is 0.610. The standard InChI is InChI=1S/C12H22N2O4/c15-8-5-10-3-2-7-14(9-10)12(18)13-6-1-4-11(16)17/h10,15H,1-9H2,(H,13,18)(H,16,17). The number of carbonyl (C=O) groups excluding carboxylic acids is 1. The number of aliphatic hydroxyl groups excluding tert-OH is 1. The number of amides is 2. The summed E-state index contributed by atoms with van der Waals surface area (Å²) < 4.78 is 0. The summed E-state index contributed by atoms with van der Waals surface area (Å²) in [6, 6.07) is -0.122. The van der Waals surface area contributed by atoms with Crippen LogP contribution in [-0.4, -0.2) is 53.4 Å². The van der Waals surface area contributed by atoms with Crippen LogP contribution in [0.25, 0.3) is 0 Å². The highest BCUT2D eigenvalue weighted by molar-refractivity contribution is 5.74. The SMILES string of the molecule is O=C(O)CCCNC(=O)N1CCCC(CCO)C1. The first-order valence-electron chi connectivity index (χ1n) is 6.49. The van der Waals surface area contributed by atoms with Gasteiger partial charge in [0.2, 0.25) is 0 Å². The highest BCUT2D eigenvalue weighted by atomic mass is 16.4. The van der Waals surface area contributed by atoms with Crippen molar-refractivity contribution in [3.63, 3.8) is 0 Å². The summed E-state index contributed by atoms with van der Waals surface area (Å²) in [6.45, 7) is 1.99. The number of nitrogens with zero attached hydrogens (tertiary/aromatic N) is 1. The Balaban J connectivity index is 2.21. The lowest BCUT2D eigenvalue weighted by Gasteiger charge is -2.32. The molecular weight excluding hydrogens is 236 g/mol. The summed E-state index contributed by atoms with van der Waals surface area (Å²) in [4.78, 5) is 23.9. The molecule has 1 aliphatic heterocycles. The molecule has 0 aromatic heterocycles. The lowest BCUT2D eigenvalue weighted by atomic mass is 9.95. The number of nitrogens with one attached hydrogen (secondary N) is 1. The maximum Gasteiger partial charge on any atom is 0.317 e. The molecule has 1 saturated heterocycles. The molecule has 6 heteroatoms. The van der Waals surface area contributed by atoms with Crippen molar-refractivity contribution in [1.82, 2.24) is 10.2 Å². The van der Waals surface area contributed by atoms with Gasteiger partial charge in [-0.2, -0.15) is 0 Å². The Hall–Kier alpha value is -1.30. The molecule has 0 bridgehead atoms. The number of rotatable bonds is 6. The van der Waals surface area contributed by atoms with Crippen LogP contribution in [0.4, 0.5) is 4.79 Å². The van der Waals surface area contributed by atoms with Gasteiger partial charge in [-0.25, -0.2) is 4.79 Å². The van der Waals surface area contributed by atoms with Gasteiger partial charge in [0.15, 0.2) is 0 Å². The predicted molar refractivity (Wildman–Crippen MR) is 66.3 cm³/mol. The molecule has 104 valence electrons. The monoisotopic (exact) mass is 258 g/mol. The third-order valence-corrected chi connectivity index (χ3v) is 3.19. The zero-order valence-corrected chi connectivity index (χ0v) is 10.6. The first-order chi connectivity index (χ1) is 8.63. The van der Waals surface area contributed by atoms with Gasteiger partial charge in [-0.3, -0.25) is 4.79 Å². The first kappa shape index (κ1) is 14.8. The van der Waals surface area contributed by atoms with Crippen molar-refractivity contribution in [3.05, 3.63) is 0 Å². The number of hydrogen-bond acceptors (Lipinski definition) is 3. The number of carboxylic acids is 1. The van der Waals surface area contributed by atoms with E-state index >= 15 is 0 Å². The molecule has 1 fully saturated rings. The van der Waals surface area contributed by atoms with Crippen molar-refractivity contribution >= 4 is 12.0 Å². The molecule has 3 N–H and O–H groups in total. The highest BCUT2D eigenvalue weighted by Gasteiger charge is 2.22. The topological polar surface area (TPSA) is 89.9 Å². The molecule has 0 radical (unpaired) electrons. The summed E-state index contributed by atoms with van der Waals surface area (Å²) in [7, 11) is 0. The van der Waals surface area contributed by atoms with Crippen LogP contribution in [0.2, 0.25) is 0 Å². The van der Waals surface area contributed by atoms with E-state index in [2.05, 4.69) is 5.32 Å². The highest BCUT2D eigenvalue weighted by Crippen LogP contribution is 2.19. The zero-order chi connectivity index (χ0) is 13.4.